The van der Waals surface area contributed by atoms with Crippen LogP contribution >= 0.6 is 0 Å². The number of rotatable bonds is 5. The summed E-state index contributed by atoms with van der Waals surface area (Å²) in [6.45, 7) is 3.23. The van der Waals surface area contributed by atoms with Gasteiger partial charge in [0.25, 0.3) is 5.91 Å². The van der Waals surface area contributed by atoms with Crippen molar-refractivity contribution < 1.29 is 18.0 Å². The van der Waals surface area contributed by atoms with Gasteiger partial charge in [-0.2, -0.15) is 13.2 Å². The molecule has 3 aromatic carbocycles. The fourth-order valence-corrected chi connectivity index (χ4v) is 4.97. The van der Waals surface area contributed by atoms with Crippen LogP contribution in [0.1, 0.15) is 32.7 Å². The number of benzene rings is 3. The number of nitrogens with zero attached hydrogens (tertiary/aromatic N) is 4. The summed E-state index contributed by atoms with van der Waals surface area (Å²) in [7, 11) is 0. The maximum absolute atomic E-state index is 13.6. The maximum atomic E-state index is 13.6. The zero-order valence-electron chi connectivity index (χ0n) is 21.0. The molecular weight excluding hydrogens is 503 g/mol. The van der Waals surface area contributed by atoms with Crippen molar-refractivity contribution in [3.63, 3.8) is 0 Å². The molecule has 0 fully saturated rings. The van der Waals surface area contributed by atoms with Crippen LogP contribution in [0.4, 0.5) is 24.5 Å². The minimum absolute atomic E-state index is 0.0540. The van der Waals surface area contributed by atoms with Crippen LogP contribution in [0.25, 0.3) is 16.5 Å². The molecule has 6 rings (SSSR count). The Labute approximate surface area is 222 Å². The number of halogens is 3. The highest BCUT2D eigenvalue weighted by molar-refractivity contribution is 6.05. The molecule has 1 N–H and O–H groups in total. The van der Waals surface area contributed by atoms with Gasteiger partial charge >= 0.3 is 6.18 Å². The number of hydrogen-bond donors (Lipinski definition) is 1. The van der Waals surface area contributed by atoms with Gasteiger partial charge in [0.05, 0.1) is 17.6 Å². The van der Waals surface area contributed by atoms with Crippen molar-refractivity contribution in [3.05, 3.63) is 114 Å². The van der Waals surface area contributed by atoms with Gasteiger partial charge in [0.1, 0.15) is 0 Å². The average molecular weight is 528 g/mol. The van der Waals surface area contributed by atoms with E-state index in [1.165, 1.54) is 17.0 Å². The first kappa shape index (κ1) is 24.7. The van der Waals surface area contributed by atoms with E-state index in [-0.39, 0.29) is 11.4 Å². The number of fused-ring (bicyclic) bond motifs is 2. The highest BCUT2D eigenvalue weighted by atomic mass is 19.4. The maximum Gasteiger partial charge on any atom is 0.416 e. The molecule has 39 heavy (non-hydrogen) atoms. The SMILES string of the molecule is Cc1cn(-c2cc(NC(=O)c3ccc4c(c3)N(Cc3ccc5ccncc5c3)CC4)cc(C(F)(F)F)c2)cn1. The Bertz CT molecular complexity index is 1710. The van der Waals surface area contributed by atoms with E-state index in [9.17, 15) is 18.0 Å². The van der Waals surface area contributed by atoms with Crippen LogP contribution in [0.2, 0.25) is 0 Å². The molecular formula is C30H24F3N5O. The molecule has 2 aromatic heterocycles. The Morgan fingerprint density at radius 3 is 2.69 bits per heavy atom. The molecule has 0 atom stereocenters. The average Bonchev–Trinajstić information content (AvgIpc) is 3.53. The van der Waals surface area contributed by atoms with E-state index in [2.05, 4.69) is 38.4 Å². The molecule has 3 heterocycles. The normalized spacial score (nSPS) is 13.1. The number of nitrogens with one attached hydrogen (secondary N) is 1. The second kappa shape index (κ2) is 9.58. The number of aryl methyl sites for hydroxylation is 1. The van der Waals surface area contributed by atoms with Gasteiger partial charge in [0, 0.05) is 59.7 Å². The highest BCUT2D eigenvalue weighted by Gasteiger charge is 2.32. The van der Waals surface area contributed by atoms with E-state index < -0.39 is 17.6 Å². The Kier molecular flexibility index (Phi) is 6.06. The molecule has 5 aromatic rings. The van der Waals surface area contributed by atoms with E-state index in [4.69, 9.17) is 0 Å². The molecule has 0 saturated carbocycles. The summed E-state index contributed by atoms with van der Waals surface area (Å²) in [6, 6.07) is 17.2. The lowest BCUT2D eigenvalue weighted by atomic mass is 10.1. The second-order valence-corrected chi connectivity index (χ2v) is 9.71. The monoisotopic (exact) mass is 527 g/mol. The minimum Gasteiger partial charge on any atom is -0.367 e. The summed E-state index contributed by atoms with van der Waals surface area (Å²) in [5, 5.41) is 4.85. The smallest absolute Gasteiger partial charge is 0.367 e. The zero-order chi connectivity index (χ0) is 27.1. The summed E-state index contributed by atoms with van der Waals surface area (Å²) in [4.78, 5) is 23.7. The van der Waals surface area contributed by atoms with Gasteiger partial charge in [-0.05, 0) is 72.3 Å². The summed E-state index contributed by atoms with van der Waals surface area (Å²) in [5.74, 6) is -0.478. The Hall–Kier alpha value is -4.66. The first-order valence-electron chi connectivity index (χ1n) is 12.5. The third-order valence-electron chi connectivity index (χ3n) is 6.93. The van der Waals surface area contributed by atoms with Crippen molar-refractivity contribution >= 4 is 28.1 Å². The van der Waals surface area contributed by atoms with Gasteiger partial charge in [0.15, 0.2) is 0 Å². The first-order chi connectivity index (χ1) is 18.7. The molecule has 0 saturated heterocycles. The van der Waals surface area contributed by atoms with Gasteiger partial charge in [-0.3, -0.25) is 9.78 Å². The first-order valence-corrected chi connectivity index (χ1v) is 12.5. The Morgan fingerprint density at radius 2 is 1.90 bits per heavy atom. The number of pyridine rings is 1. The van der Waals surface area contributed by atoms with Crippen molar-refractivity contribution in [2.75, 3.05) is 16.8 Å². The lowest BCUT2D eigenvalue weighted by Crippen LogP contribution is -2.20. The molecule has 1 aliphatic heterocycles. The third-order valence-corrected chi connectivity index (χ3v) is 6.93. The Balaban J connectivity index is 1.26. The fraction of sp³-hybridized carbons (Fsp3) is 0.167. The number of imidazole rings is 1. The van der Waals surface area contributed by atoms with Crippen molar-refractivity contribution in [1.82, 2.24) is 14.5 Å². The van der Waals surface area contributed by atoms with E-state index in [0.717, 1.165) is 52.7 Å². The van der Waals surface area contributed by atoms with E-state index in [1.807, 2.05) is 24.4 Å². The number of hydrogen-bond acceptors (Lipinski definition) is 4. The van der Waals surface area contributed by atoms with Crippen LogP contribution in [0.3, 0.4) is 0 Å². The molecule has 196 valence electrons. The molecule has 1 amide bonds. The lowest BCUT2D eigenvalue weighted by Gasteiger charge is -2.20. The number of aromatic nitrogens is 3. The number of anilines is 2. The van der Waals surface area contributed by atoms with Crippen LogP contribution in [0.5, 0.6) is 0 Å². The molecule has 1 aliphatic rings. The number of amides is 1. The lowest BCUT2D eigenvalue weighted by molar-refractivity contribution is -0.137. The van der Waals surface area contributed by atoms with Gasteiger partial charge in [0.2, 0.25) is 0 Å². The van der Waals surface area contributed by atoms with Gasteiger partial charge < -0.3 is 14.8 Å². The molecule has 0 aliphatic carbocycles. The van der Waals surface area contributed by atoms with Crippen molar-refractivity contribution in [3.8, 4) is 5.69 Å². The Morgan fingerprint density at radius 1 is 1.03 bits per heavy atom. The predicted octanol–water partition coefficient (Wildman–Crippen LogP) is 6.56. The van der Waals surface area contributed by atoms with E-state index in [0.29, 0.717) is 17.8 Å². The van der Waals surface area contributed by atoms with E-state index >= 15 is 0 Å². The quantitative estimate of drug-likeness (QED) is 0.281. The molecule has 0 spiro atoms. The van der Waals surface area contributed by atoms with Crippen LogP contribution < -0.4 is 10.2 Å². The minimum atomic E-state index is -4.57. The van der Waals surface area contributed by atoms with Gasteiger partial charge in [-0.1, -0.05) is 18.2 Å². The standard InChI is InChI=1S/C30H24F3N5O/c1-19-16-38(18-35-19)27-13-25(30(31,32)33)12-26(14-27)36-29(39)23-5-4-22-7-9-37(28(22)11-23)17-20-2-3-21-6-8-34-15-24(21)10-20/h2-6,8,10-16,18H,7,9,17H2,1H3,(H,36,39). The predicted molar refractivity (Wildman–Crippen MR) is 144 cm³/mol. The van der Waals surface area contributed by atoms with E-state index in [1.54, 1.807) is 25.4 Å². The second-order valence-electron chi connectivity index (χ2n) is 9.71. The molecule has 0 bridgehead atoms. The summed E-state index contributed by atoms with van der Waals surface area (Å²) in [5.41, 5.74) is 3.71. The van der Waals surface area contributed by atoms with Crippen LogP contribution in [-0.4, -0.2) is 27.0 Å². The van der Waals surface area contributed by atoms with Crippen molar-refractivity contribution in [2.24, 2.45) is 0 Å². The highest BCUT2D eigenvalue weighted by Crippen LogP contribution is 2.34. The van der Waals surface area contributed by atoms with Crippen LogP contribution in [0.15, 0.2) is 85.6 Å². The third kappa shape index (κ3) is 5.07. The van der Waals surface area contributed by atoms with Gasteiger partial charge in [-0.25, -0.2) is 4.98 Å². The zero-order valence-corrected chi connectivity index (χ0v) is 21.0. The summed E-state index contributed by atoms with van der Waals surface area (Å²) in [6.07, 6.45) is 2.96. The fourth-order valence-electron chi connectivity index (χ4n) is 4.97. The summed E-state index contributed by atoms with van der Waals surface area (Å²) < 4.78 is 42.4. The van der Waals surface area contributed by atoms with Crippen LogP contribution in [0, 0.1) is 6.92 Å². The number of alkyl halides is 3. The van der Waals surface area contributed by atoms with Crippen molar-refractivity contribution in [2.45, 2.75) is 26.1 Å². The molecule has 0 unspecified atom stereocenters. The molecule has 9 heteroatoms. The molecule has 0 radical (unpaired) electrons. The molecule has 6 nitrogen and oxygen atoms in total. The van der Waals surface area contributed by atoms with Gasteiger partial charge in [-0.15, -0.1) is 0 Å². The number of carbonyl (C=O) groups excluding carboxylic acids is 1. The van der Waals surface area contributed by atoms with Crippen LogP contribution in [-0.2, 0) is 19.1 Å². The van der Waals surface area contributed by atoms with Crippen molar-refractivity contribution in [1.29, 1.82) is 0 Å². The number of carbonyl (C=O) groups is 1. The largest absolute Gasteiger partial charge is 0.416 e. The summed E-state index contributed by atoms with van der Waals surface area (Å²) >= 11 is 0. The topological polar surface area (TPSA) is 63.1 Å².